The normalized spacial score (nSPS) is 10.2. The molecular formula is C11H13N5O. The average Bonchev–Trinajstić information content (AvgIpc) is 2.86. The first-order chi connectivity index (χ1) is 8.29. The van der Waals surface area contributed by atoms with Gasteiger partial charge in [-0.3, -0.25) is 14.9 Å². The molecule has 0 aromatic carbocycles. The Morgan fingerprint density at radius 3 is 3.00 bits per heavy atom. The van der Waals surface area contributed by atoms with Crippen LogP contribution in [0.2, 0.25) is 0 Å². The summed E-state index contributed by atoms with van der Waals surface area (Å²) in [7, 11) is 0. The molecular weight excluding hydrogens is 218 g/mol. The molecule has 0 unspecified atom stereocenters. The van der Waals surface area contributed by atoms with Crippen molar-refractivity contribution in [3.63, 3.8) is 0 Å². The van der Waals surface area contributed by atoms with Gasteiger partial charge in [0, 0.05) is 12.6 Å². The number of aromatic amines is 1. The van der Waals surface area contributed by atoms with E-state index in [1.54, 1.807) is 6.20 Å². The van der Waals surface area contributed by atoms with Crippen LogP contribution in [0, 0.1) is 0 Å². The molecule has 0 aliphatic carbocycles. The SMILES string of the molecule is CCc1nc(C(=O)NCc2ccccn2)n[nH]1. The Kier molecular flexibility index (Phi) is 3.44. The number of rotatable bonds is 4. The number of carbonyl (C=O) groups excluding carboxylic acids is 1. The monoisotopic (exact) mass is 231 g/mol. The number of carbonyl (C=O) groups is 1. The fourth-order valence-electron chi connectivity index (χ4n) is 1.31. The van der Waals surface area contributed by atoms with Gasteiger partial charge in [0.2, 0.25) is 5.82 Å². The van der Waals surface area contributed by atoms with Gasteiger partial charge in [0.05, 0.1) is 12.2 Å². The van der Waals surface area contributed by atoms with Crippen molar-refractivity contribution in [2.75, 3.05) is 0 Å². The van der Waals surface area contributed by atoms with E-state index in [1.807, 2.05) is 25.1 Å². The highest BCUT2D eigenvalue weighted by molar-refractivity contribution is 5.90. The molecule has 2 N–H and O–H groups in total. The Hall–Kier alpha value is -2.24. The van der Waals surface area contributed by atoms with Crippen molar-refractivity contribution >= 4 is 5.91 Å². The number of H-pyrrole nitrogens is 1. The zero-order chi connectivity index (χ0) is 12.1. The third-order valence-corrected chi connectivity index (χ3v) is 2.23. The lowest BCUT2D eigenvalue weighted by Gasteiger charge is -2.00. The second-order valence-corrected chi connectivity index (χ2v) is 3.46. The van der Waals surface area contributed by atoms with E-state index in [0.29, 0.717) is 12.4 Å². The van der Waals surface area contributed by atoms with Crippen LogP contribution < -0.4 is 5.32 Å². The van der Waals surface area contributed by atoms with Crippen LogP contribution in [-0.4, -0.2) is 26.1 Å². The summed E-state index contributed by atoms with van der Waals surface area (Å²) < 4.78 is 0. The largest absolute Gasteiger partial charge is 0.344 e. The summed E-state index contributed by atoms with van der Waals surface area (Å²) in [6.45, 7) is 2.31. The van der Waals surface area contributed by atoms with E-state index < -0.39 is 0 Å². The van der Waals surface area contributed by atoms with Crippen molar-refractivity contribution in [3.05, 3.63) is 41.7 Å². The van der Waals surface area contributed by atoms with E-state index >= 15 is 0 Å². The van der Waals surface area contributed by atoms with E-state index in [0.717, 1.165) is 12.1 Å². The van der Waals surface area contributed by atoms with Gasteiger partial charge in [-0.05, 0) is 12.1 Å². The Labute approximate surface area is 98.5 Å². The maximum absolute atomic E-state index is 11.7. The number of aromatic nitrogens is 4. The Balaban J connectivity index is 1.93. The highest BCUT2D eigenvalue weighted by Crippen LogP contribution is 1.96. The molecule has 0 radical (unpaired) electrons. The van der Waals surface area contributed by atoms with Gasteiger partial charge in [0.1, 0.15) is 5.82 Å². The van der Waals surface area contributed by atoms with E-state index in [4.69, 9.17) is 0 Å². The van der Waals surface area contributed by atoms with E-state index in [9.17, 15) is 4.79 Å². The first-order valence-corrected chi connectivity index (χ1v) is 5.39. The van der Waals surface area contributed by atoms with Gasteiger partial charge in [0.15, 0.2) is 0 Å². The topological polar surface area (TPSA) is 83.6 Å². The molecule has 2 aromatic heterocycles. The summed E-state index contributed by atoms with van der Waals surface area (Å²) in [5, 5.41) is 9.23. The Morgan fingerprint density at radius 1 is 1.47 bits per heavy atom. The van der Waals surface area contributed by atoms with Crippen molar-refractivity contribution < 1.29 is 4.79 Å². The van der Waals surface area contributed by atoms with Gasteiger partial charge in [-0.15, -0.1) is 5.10 Å². The number of hydrogen-bond donors (Lipinski definition) is 2. The molecule has 0 saturated heterocycles. The van der Waals surface area contributed by atoms with Gasteiger partial charge in [-0.1, -0.05) is 13.0 Å². The second kappa shape index (κ2) is 5.20. The molecule has 0 fully saturated rings. The predicted octanol–water partition coefficient (Wildman–Crippen LogP) is 0.692. The molecule has 6 nitrogen and oxygen atoms in total. The van der Waals surface area contributed by atoms with Gasteiger partial charge >= 0.3 is 0 Å². The molecule has 0 spiro atoms. The first-order valence-electron chi connectivity index (χ1n) is 5.39. The fraction of sp³-hybridized carbons (Fsp3) is 0.273. The minimum atomic E-state index is -0.299. The molecule has 0 atom stereocenters. The van der Waals surface area contributed by atoms with Gasteiger partial charge < -0.3 is 5.32 Å². The van der Waals surface area contributed by atoms with Gasteiger partial charge in [-0.2, -0.15) is 0 Å². The quantitative estimate of drug-likeness (QED) is 0.811. The number of nitrogens with zero attached hydrogens (tertiary/aromatic N) is 3. The van der Waals surface area contributed by atoms with Crippen LogP contribution in [-0.2, 0) is 13.0 Å². The molecule has 6 heteroatoms. The number of amides is 1. The fourth-order valence-corrected chi connectivity index (χ4v) is 1.31. The molecule has 88 valence electrons. The average molecular weight is 231 g/mol. The second-order valence-electron chi connectivity index (χ2n) is 3.46. The maximum Gasteiger partial charge on any atom is 0.291 e. The summed E-state index contributed by atoms with van der Waals surface area (Å²) in [4.78, 5) is 19.8. The summed E-state index contributed by atoms with van der Waals surface area (Å²) in [5.41, 5.74) is 0.798. The van der Waals surface area contributed by atoms with Crippen LogP contribution in [0.4, 0.5) is 0 Å². The van der Waals surface area contributed by atoms with E-state index in [1.165, 1.54) is 0 Å². The summed E-state index contributed by atoms with van der Waals surface area (Å²) in [6.07, 6.45) is 2.41. The van der Waals surface area contributed by atoms with E-state index in [-0.39, 0.29) is 11.7 Å². The molecule has 0 aliphatic heterocycles. The van der Waals surface area contributed by atoms with Gasteiger partial charge in [-0.25, -0.2) is 4.98 Å². The zero-order valence-corrected chi connectivity index (χ0v) is 9.47. The lowest BCUT2D eigenvalue weighted by molar-refractivity contribution is 0.0940. The molecule has 0 aliphatic rings. The van der Waals surface area contributed by atoms with Crippen LogP contribution in [0.25, 0.3) is 0 Å². The summed E-state index contributed by atoms with van der Waals surface area (Å²) in [6, 6.07) is 5.54. The van der Waals surface area contributed by atoms with Crippen molar-refractivity contribution in [1.29, 1.82) is 0 Å². The number of hydrogen-bond acceptors (Lipinski definition) is 4. The van der Waals surface area contributed by atoms with Crippen molar-refractivity contribution in [2.24, 2.45) is 0 Å². The molecule has 17 heavy (non-hydrogen) atoms. The van der Waals surface area contributed by atoms with Gasteiger partial charge in [0.25, 0.3) is 5.91 Å². The lowest BCUT2D eigenvalue weighted by atomic mass is 10.3. The van der Waals surface area contributed by atoms with Crippen molar-refractivity contribution in [3.8, 4) is 0 Å². The summed E-state index contributed by atoms with van der Waals surface area (Å²) in [5.74, 6) is 0.567. The number of aryl methyl sites for hydroxylation is 1. The Morgan fingerprint density at radius 2 is 2.35 bits per heavy atom. The predicted molar refractivity (Wildman–Crippen MR) is 61.2 cm³/mol. The third kappa shape index (κ3) is 2.87. The third-order valence-electron chi connectivity index (χ3n) is 2.23. The molecule has 2 rings (SSSR count). The Bertz CT molecular complexity index is 494. The van der Waals surface area contributed by atoms with Crippen molar-refractivity contribution in [2.45, 2.75) is 19.9 Å². The highest BCUT2D eigenvalue weighted by Gasteiger charge is 2.11. The van der Waals surface area contributed by atoms with Crippen LogP contribution in [0.5, 0.6) is 0 Å². The van der Waals surface area contributed by atoms with Crippen LogP contribution in [0.1, 0.15) is 29.1 Å². The van der Waals surface area contributed by atoms with Crippen molar-refractivity contribution in [1.82, 2.24) is 25.5 Å². The molecule has 1 amide bonds. The van der Waals surface area contributed by atoms with Crippen LogP contribution in [0.15, 0.2) is 24.4 Å². The smallest absolute Gasteiger partial charge is 0.291 e. The minimum absolute atomic E-state index is 0.165. The molecule has 0 saturated carbocycles. The lowest BCUT2D eigenvalue weighted by Crippen LogP contribution is -2.24. The zero-order valence-electron chi connectivity index (χ0n) is 9.47. The first kappa shape index (κ1) is 11.3. The van der Waals surface area contributed by atoms with Crippen LogP contribution >= 0.6 is 0 Å². The highest BCUT2D eigenvalue weighted by atomic mass is 16.2. The molecule has 0 bridgehead atoms. The molecule has 2 aromatic rings. The van der Waals surface area contributed by atoms with E-state index in [2.05, 4.69) is 25.5 Å². The number of pyridine rings is 1. The standard InChI is InChI=1S/C11H13N5O/c1-2-9-14-10(16-15-9)11(17)13-7-8-5-3-4-6-12-8/h3-6H,2,7H2,1H3,(H,13,17)(H,14,15,16). The summed E-state index contributed by atoms with van der Waals surface area (Å²) >= 11 is 0. The number of nitrogens with one attached hydrogen (secondary N) is 2. The minimum Gasteiger partial charge on any atom is -0.344 e. The molecule has 2 heterocycles. The van der Waals surface area contributed by atoms with Crippen LogP contribution in [0.3, 0.4) is 0 Å². The maximum atomic E-state index is 11.7.